The number of carboxylic acids is 1. The van der Waals surface area contributed by atoms with Crippen molar-refractivity contribution in [2.45, 2.75) is 31.9 Å². The average Bonchev–Trinajstić information content (AvgIpc) is 2.80. The summed E-state index contributed by atoms with van der Waals surface area (Å²) in [5.41, 5.74) is 0. The monoisotopic (exact) mass is 296 g/mol. The molecular weight excluding hydrogens is 277 g/mol. The number of aliphatic carboxylic acids is 1. The van der Waals surface area contributed by atoms with Crippen LogP contribution < -0.4 is 0 Å². The number of amides is 2. The van der Waals surface area contributed by atoms with E-state index in [4.69, 9.17) is 5.11 Å². The Balaban J connectivity index is 2.35. The molecule has 1 aliphatic heterocycles. The molecule has 0 aliphatic carbocycles. The molecule has 0 spiro atoms. The van der Waals surface area contributed by atoms with E-state index in [1.54, 1.807) is 0 Å². The fourth-order valence-corrected chi connectivity index (χ4v) is 2.20. The number of rotatable bonds is 5. The Bertz CT molecular complexity index is 360. The number of urea groups is 1. The Labute approximate surface area is 115 Å². The minimum Gasteiger partial charge on any atom is -0.481 e. The zero-order chi connectivity index (χ0) is 15.3. The second-order valence-corrected chi connectivity index (χ2v) is 5.10. The smallest absolute Gasteiger partial charge is 0.390 e. The lowest BCUT2D eigenvalue weighted by molar-refractivity contribution is -0.137. The standard InChI is InChI=1S/C12H19F3N2O3/c1-16(7-5-12(13,14)15)11(20)17-6-4-9(8-17)2-3-10(18)19/h9H,2-8H2,1H3,(H,18,19). The van der Waals surface area contributed by atoms with Crippen LogP contribution in [0.4, 0.5) is 18.0 Å². The number of hydrogen-bond acceptors (Lipinski definition) is 2. The van der Waals surface area contributed by atoms with Crippen molar-refractivity contribution in [3.8, 4) is 0 Å². The first-order valence-corrected chi connectivity index (χ1v) is 6.47. The van der Waals surface area contributed by atoms with Crippen molar-refractivity contribution in [3.05, 3.63) is 0 Å². The molecule has 0 saturated carbocycles. The van der Waals surface area contributed by atoms with E-state index in [0.29, 0.717) is 25.9 Å². The Hall–Kier alpha value is -1.47. The summed E-state index contributed by atoms with van der Waals surface area (Å²) in [6.07, 6.45) is -4.05. The lowest BCUT2D eigenvalue weighted by atomic mass is 10.0. The van der Waals surface area contributed by atoms with Gasteiger partial charge in [0.15, 0.2) is 0 Å². The van der Waals surface area contributed by atoms with Gasteiger partial charge in [-0.25, -0.2) is 4.79 Å². The van der Waals surface area contributed by atoms with Crippen LogP contribution in [0.5, 0.6) is 0 Å². The summed E-state index contributed by atoms with van der Waals surface area (Å²) in [6, 6.07) is -0.424. The highest BCUT2D eigenvalue weighted by Crippen LogP contribution is 2.23. The van der Waals surface area contributed by atoms with E-state index in [1.165, 1.54) is 11.9 Å². The van der Waals surface area contributed by atoms with Gasteiger partial charge in [0.05, 0.1) is 6.42 Å². The second-order valence-electron chi connectivity index (χ2n) is 5.10. The zero-order valence-electron chi connectivity index (χ0n) is 11.3. The molecule has 0 bridgehead atoms. The van der Waals surface area contributed by atoms with E-state index in [-0.39, 0.29) is 18.9 Å². The molecule has 0 aromatic heterocycles. The molecule has 1 unspecified atom stereocenters. The van der Waals surface area contributed by atoms with E-state index >= 15 is 0 Å². The highest BCUT2D eigenvalue weighted by Gasteiger charge is 2.31. The second kappa shape index (κ2) is 6.81. The van der Waals surface area contributed by atoms with Crippen molar-refractivity contribution in [1.29, 1.82) is 0 Å². The fourth-order valence-electron chi connectivity index (χ4n) is 2.20. The van der Waals surface area contributed by atoms with Crippen LogP contribution in [0, 0.1) is 5.92 Å². The Morgan fingerprint density at radius 3 is 2.60 bits per heavy atom. The van der Waals surface area contributed by atoms with Gasteiger partial charge >= 0.3 is 18.2 Å². The molecule has 20 heavy (non-hydrogen) atoms. The van der Waals surface area contributed by atoms with Crippen LogP contribution in [0.1, 0.15) is 25.7 Å². The maximum Gasteiger partial charge on any atom is 0.390 e. The van der Waals surface area contributed by atoms with Gasteiger partial charge in [-0.3, -0.25) is 4.79 Å². The Kier molecular flexibility index (Phi) is 5.64. The predicted octanol–water partition coefficient (Wildman–Crippen LogP) is 2.18. The molecule has 1 fully saturated rings. The van der Waals surface area contributed by atoms with Crippen LogP contribution in [0.3, 0.4) is 0 Å². The topological polar surface area (TPSA) is 60.9 Å². The van der Waals surface area contributed by atoms with Crippen molar-refractivity contribution in [3.63, 3.8) is 0 Å². The molecule has 1 N–H and O–H groups in total. The summed E-state index contributed by atoms with van der Waals surface area (Å²) in [4.78, 5) is 24.9. The van der Waals surface area contributed by atoms with Gasteiger partial charge in [0, 0.05) is 33.1 Å². The third-order valence-corrected chi connectivity index (χ3v) is 3.38. The first kappa shape index (κ1) is 16.6. The van der Waals surface area contributed by atoms with E-state index in [2.05, 4.69) is 0 Å². The molecule has 1 heterocycles. The number of nitrogens with zero attached hydrogens (tertiary/aromatic N) is 2. The number of likely N-dealkylation sites (tertiary alicyclic amines) is 1. The molecule has 116 valence electrons. The molecular formula is C12H19F3N2O3. The number of hydrogen-bond donors (Lipinski definition) is 1. The highest BCUT2D eigenvalue weighted by atomic mass is 19.4. The van der Waals surface area contributed by atoms with Crippen LogP contribution >= 0.6 is 0 Å². The molecule has 0 radical (unpaired) electrons. The number of carboxylic acid groups (broad SMARTS) is 1. The van der Waals surface area contributed by atoms with Gasteiger partial charge in [0.2, 0.25) is 0 Å². The van der Waals surface area contributed by atoms with Crippen molar-refractivity contribution in [2.24, 2.45) is 5.92 Å². The van der Waals surface area contributed by atoms with Crippen LogP contribution in [0.2, 0.25) is 0 Å². The highest BCUT2D eigenvalue weighted by molar-refractivity contribution is 5.74. The molecule has 2 amide bonds. The first-order valence-electron chi connectivity index (χ1n) is 6.47. The SMILES string of the molecule is CN(CCC(F)(F)F)C(=O)N1CCC(CCC(=O)O)C1. The average molecular weight is 296 g/mol. The minimum absolute atomic E-state index is 0.0522. The van der Waals surface area contributed by atoms with Crippen LogP contribution in [-0.2, 0) is 4.79 Å². The van der Waals surface area contributed by atoms with Crippen LogP contribution in [-0.4, -0.2) is 59.8 Å². The summed E-state index contributed by atoms with van der Waals surface area (Å²) < 4.78 is 36.3. The van der Waals surface area contributed by atoms with E-state index in [0.717, 1.165) is 4.90 Å². The molecule has 8 heteroatoms. The largest absolute Gasteiger partial charge is 0.481 e. The van der Waals surface area contributed by atoms with Gasteiger partial charge in [-0.2, -0.15) is 13.2 Å². The maximum absolute atomic E-state index is 12.1. The molecule has 1 rings (SSSR count). The first-order chi connectivity index (χ1) is 9.19. The van der Waals surface area contributed by atoms with E-state index in [1.807, 2.05) is 0 Å². The summed E-state index contributed by atoms with van der Waals surface area (Å²) >= 11 is 0. The minimum atomic E-state index is -4.27. The van der Waals surface area contributed by atoms with Crippen molar-refractivity contribution in [1.82, 2.24) is 9.80 Å². The lowest BCUT2D eigenvalue weighted by Crippen LogP contribution is -2.41. The summed E-state index contributed by atoms with van der Waals surface area (Å²) in [5.74, 6) is -0.761. The molecule has 0 aromatic rings. The zero-order valence-corrected chi connectivity index (χ0v) is 11.3. The van der Waals surface area contributed by atoms with Crippen LogP contribution in [0.25, 0.3) is 0 Å². The Morgan fingerprint density at radius 2 is 2.05 bits per heavy atom. The van der Waals surface area contributed by atoms with Crippen LogP contribution in [0.15, 0.2) is 0 Å². The summed E-state index contributed by atoms with van der Waals surface area (Å²) in [5, 5.41) is 8.59. The molecule has 1 saturated heterocycles. The third-order valence-electron chi connectivity index (χ3n) is 3.38. The van der Waals surface area contributed by atoms with Gasteiger partial charge < -0.3 is 14.9 Å². The lowest BCUT2D eigenvalue weighted by Gasteiger charge is -2.25. The van der Waals surface area contributed by atoms with Gasteiger partial charge in [0.1, 0.15) is 0 Å². The number of carbonyl (C=O) groups excluding carboxylic acids is 1. The van der Waals surface area contributed by atoms with Gasteiger partial charge in [0.25, 0.3) is 0 Å². The summed E-state index contributed by atoms with van der Waals surface area (Å²) in [6.45, 7) is 0.528. The van der Waals surface area contributed by atoms with Crippen molar-refractivity contribution < 1.29 is 27.9 Å². The molecule has 1 aliphatic rings. The fraction of sp³-hybridized carbons (Fsp3) is 0.833. The summed E-state index contributed by atoms with van der Waals surface area (Å²) in [7, 11) is 1.35. The molecule has 1 atom stereocenters. The van der Waals surface area contributed by atoms with Crippen molar-refractivity contribution in [2.75, 3.05) is 26.7 Å². The normalized spacial score (nSPS) is 19.2. The van der Waals surface area contributed by atoms with E-state index in [9.17, 15) is 22.8 Å². The van der Waals surface area contributed by atoms with Gasteiger partial charge in [-0.05, 0) is 18.8 Å². The predicted molar refractivity (Wildman–Crippen MR) is 65.2 cm³/mol. The van der Waals surface area contributed by atoms with Gasteiger partial charge in [-0.15, -0.1) is 0 Å². The number of carbonyl (C=O) groups is 2. The van der Waals surface area contributed by atoms with Gasteiger partial charge in [-0.1, -0.05) is 0 Å². The van der Waals surface area contributed by atoms with Crippen molar-refractivity contribution >= 4 is 12.0 Å². The Morgan fingerprint density at radius 1 is 1.40 bits per heavy atom. The number of halogens is 3. The molecule has 0 aromatic carbocycles. The quantitative estimate of drug-likeness (QED) is 0.846. The maximum atomic E-state index is 12.1. The third kappa shape index (κ3) is 5.66. The number of alkyl halides is 3. The van der Waals surface area contributed by atoms with E-state index < -0.39 is 24.6 Å². The molecule has 5 nitrogen and oxygen atoms in total.